The molecule has 0 atom stereocenters. The van der Waals surface area contributed by atoms with Gasteiger partial charge in [0.2, 0.25) is 5.82 Å². The molecular weight excluding hydrogens is 302 g/mol. The molecule has 0 saturated heterocycles. The van der Waals surface area contributed by atoms with Crippen LogP contribution in [0.15, 0.2) is 18.2 Å². The topological polar surface area (TPSA) is 124 Å². The fourth-order valence-corrected chi connectivity index (χ4v) is 2.68. The number of benzene rings is 1. The maximum atomic E-state index is 12.4. The van der Waals surface area contributed by atoms with E-state index in [1.165, 1.54) is 18.2 Å². The Kier molecular flexibility index (Phi) is 4.26. The van der Waals surface area contributed by atoms with Crippen LogP contribution in [0.25, 0.3) is 11.4 Å². The number of aromatic amines is 1. The van der Waals surface area contributed by atoms with Gasteiger partial charge in [0.05, 0.1) is 10.5 Å². The first kappa shape index (κ1) is 15.1. The SMILES string of the molecule is O=C(OC1CCCCC1)c1ccc([N+](=O)[O-])cc1-c1nn[nH]n1. The molecule has 1 heterocycles. The normalized spacial score (nSPS) is 15.3. The van der Waals surface area contributed by atoms with Gasteiger partial charge in [0.15, 0.2) is 0 Å². The number of rotatable bonds is 4. The fourth-order valence-electron chi connectivity index (χ4n) is 2.68. The van der Waals surface area contributed by atoms with Crippen LogP contribution in [0.4, 0.5) is 5.69 Å². The van der Waals surface area contributed by atoms with E-state index in [0.29, 0.717) is 0 Å². The van der Waals surface area contributed by atoms with E-state index in [2.05, 4.69) is 20.6 Å². The van der Waals surface area contributed by atoms with Crippen LogP contribution in [0.2, 0.25) is 0 Å². The molecule has 0 bridgehead atoms. The number of esters is 1. The molecule has 120 valence electrons. The second kappa shape index (κ2) is 6.51. The molecular formula is C14H15N5O4. The van der Waals surface area contributed by atoms with Gasteiger partial charge in [0.25, 0.3) is 5.69 Å². The average Bonchev–Trinajstić information content (AvgIpc) is 3.09. The van der Waals surface area contributed by atoms with E-state index < -0.39 is 10.9 Å². The Labute approximate surface area is 131 Å². The summed E-state index contributed by atoms with van der Waals surface area (Å²) in [5.74, 6) is -0.407. The highest BCUT2D eigenvalue weighted by Crippen LogP contribution is 2.27. The van der Waals surface area contributed by atoms with Gasteiger partial charge in [-0.1, -0.05) is 6.42 Å². The third kappa shape index (κ3) is 3.33. The smallest absolute Gasteiger partial charge is 0.339 e. The van der Waals surface area contributed by atoms with Crippen molar-refractivity contribution in [2.75, 3.05) is 0 Å². The zero-order valence-corrected chi connectivity index (χ0v) is 12.3. The highest BCUT2D eigenvalue weighted by molar-refractivity contribution is 5.97. The summed E-state index contributed by atoms with van der Waals surface area (Å²) < 4.78 is 5.52. The van der Waals surface area contributed by atoms with Gasteiger partial charge in [0.1, 0.15) is 6.10 Å². The minimum atomic E-state index is -0.542. The molecule has 1 saturated carbocycles. The second-order valence-corrected chi connectivity index (χ2v) is 5.39. The first-order valence-corrected chi connectivity index (χ1v) is 7.38. The summed E-state index contributed by atoms with van der Waals surface area (Å²) in [6.07, 6.45) is 4.81. The molecule has 9 nitrogen and oxygen atoms in total. The minimum absolute atomic E-state index is 0.107. The summed E-state index contributed by atoms with van der Waals surface area (Å²) in [4.78, 5) is 22.8. The first-order chi connectivity index (χ1) is 11.1. The van der Waals surface area contributed by atoms with Gasteiger partial charge < -0.3 is 4.74 Å². The molecule has 1 N–H and O–H groups in total. The van der Waals surface area contributed by atoms with E-state index in [1.54, 1.807) is 0 Å². The van der Waals surface area contributed by atoms with Crippen LogP contribution in [0.3, 0.4) is 0 Å². The molecule has 0 radical (unpaired) electrons. The third-order valence-electron chi connectivity index (χ3n) is 3.85. The van der Waals surface area contributed by atoms with Gasteiger partial charge in [-0.3, -0.25) is 10.1 Å². The number of aromatic nitrogens is 4. The molecule has 1 aliphatic carbocycles. The maximum Gasteiger partial charge on any atom is 0.339 e. The van der Waals surface area contributed by atoms with Crippen molar-refractivity contribution in [1.82, 2.24) is 20.6 Å². The number of hydrogen-bond acceptors (Lipinski definition) is 7. The van der Waals surface area contributed by atoms with Crippen LogP contribution >= 0.6 is 0 Å². The van der Waals surface area contributed by atoms with E-state index in [-0.39, 0.29) is 28.7 Å². The summed E-state index contributed by atoms with van der Waals surface area (Å²) in [5.41, 5.74) is 0.273. The van der Waals surface area contributed by atoms with E-state index in [0.717, 1.165) is 32.1 Å². The van der Waals surface area contributed by atoms with Gasteiger partial charge in [-0.15, -0.1) is 10.2 Å². The van der Waals surface area contributed by atoms with E-state index in [1.807, 2.05) is 0 Å². The highest BCUT2D eigenvalue weighted by atomic mass is 16.6. The van der Waals surface area contributed by atoms with Crippen molar-refractivity contribution in [2.24, 2.45) is 0 Å². The van der Waals surface area contributed by atoms with Crippen LogP contribution in [0, 0.1) is 10.1 Å². The Balaban J connectivity index is 1.91. The maximum absolute atomic E-state index is 12.4. The van der Waals surface area contributed by atoms with Crippen LogP contribution < -0.4 is 0 Å². The molecule has 3 rings (SSSR count). The average molecular weight is 317 g/mol. The van der Waals surface area contributed by atoms with Crippen molar-refractivity contribution < 1.29 is 14.5 Å². The molecule has 0 aliphatic heterocycles. The van der Waals surface area contributed by atoms with Crippen molar-refractivity contribution in [3.05, 3.63) is 33.9 Å². The minimum Gasteiger partial charge on any atom is -0.459 e. The number of non-ortho nitro benzene ring substituents is 1. The highest BCUT2D eigenvalue weighted by Gasteiger charge is 2.24. The van der Waals surface area contributed by atoms with Crippen LogP contribution in [-0.2, 0) is 4.74 Å². The van der Waals surface area contributed by atoms with Crippen molar-refractivity contribution in [2.45, 2.75) is 38.2 Å². The molecule has 1 fully saturated rings. The van der Waals surface area contributed by atoms with Crippen molar-refractivity contribution in [3.8, 4) is 11.4 Å². The van der Waals surface area contributed by atoms with Crippen molar-refractivity contribution >= 4 is 11.7 Å². The largest absolute Gasteiger partial charge is 0.459 e. The number of ether oxygens (including phenoxy) is 1. The van der Waals surface area contributed by atoms with Crippen LogP contribution in [0.5, 0.6) is 0 Å². The van der Waals surface area contributed by atoms with Gasteiger partial charge in [0, 0.05) is 17.7 Å². The Morgan fingerprint density at radius 3 is 2.74 bits per heavy atom. The number of nitrogens with zero attached hydrogens (tertiary/aromatic N) is 4. The monoisotopic (exact) mass is 317 g/mol. The number of tetrazole rings is 1. The number of carbonyl (C=O) groups excluding carboxylic acids is 1. The van der Waals surface area contributed by atoms with Crippen LogP contribution in [0.1, 0.15) is 42.5 Å². The lowest BCUT2D eigenvalue weighted by atomic mass is 9.97. The Morgan fingerprint density at radius 2 is 2.09 bits per heavy atom. The number of hydrogen-bond donors (Lipinski definition) is 1. The molecule has 1 aromatic heterocycles. The summed E-state index contributed by atoms with van der Waals surface area (Å²) in [5, 5.41) is 24.2. The van der Waals surface area contributed by atoms with Crippen molar-refractivity contribution in [1.29, 1.82) is 0 Å². The summed E-state index contributed by atoms with van der Waals surface area (Å²) >= 11 is 0. The zero-order chi connectivity index (χ0) is 16.2. The molecule has 23 heavy (non-hydrogen) atoms. The molecule has 0 amide bonds. The predicted octanol–water partition coefficient (Wildman–Crippen LogP) is 2.26. The molecule has 2 aromatic rings. The molecule has 1 aromatic carbocycles. The van der Waals surface area contributed by atoms with Crippen molar-refractivity contribution in [3.63, 3.8) is 0 Å². The van der Waals surface area contributed by atoms with Gasteiger partial charge in [-0.25, -0.2) is 4.79 Å². The second-order valence-electron chi connectivity index (χ2n) is 5.39. The quantitative estimate of drug-likeness (QED) is 0.521. The van der Waals surface area contributed by atoms with E-state index in [4.69, 9.17) is 4.74 Å². The van der Waals surface area contributed by atoms with Gasteiger partial charge in [-0.2, -0.15) is 5.21 Å². The van der Waals surface area contributed by atoms with E-state index >= 15 is 0 Å². The number of H-pyrrole nitrogens is 1. The fraction of sp³-hybridized carbons (Fsp3) is 0.429. The lowest BCUT2D eigenvalue weighted by Gasteiger charge is -2.22. The summed E-state index contributed by atoms with van der Waals surface area (Å²) in [7, 11) is 0. The predicted molar refractivity (Wildman–Crippen MR) is 78.6 cm³/mol. The molecule has 0 unspecified atom stereocenters. The lowest BCUT2D eigenvalue weighted by molar-refractivity contribution is -0.384. The first-order valence-electron chi connectivity index (χ1n) is 7.38. The third-order valence-corrected chi connectivity index (χ3v) is 3.85. The van der Waals surface area contributed by atoms with Crippen LogP contribution in [-0.4, -0.2) is 37.6 Å². The summed E-state index contributed by atoms with van der Waals surface area (Å²) in [6, 6.07) is 3.89. The Bertz CT molecular complexity index is 710. The number of nitrogens with one attached hydrogen (secondary N) is 1. The van der Waals surface area contributed by atoms with E-state index in [9.17, 15) is 14.9 Å². The standard InChI is InChI=1S/C14H15N5O4/c20-14(23-10-4-2-1-3-5-10)11-7-6-9(19(21)22)8-12(11)13-15-17-18-16-13/h6-8,10H,1-5H2,(H,15,16,17,18). The number of nitro benzene ring substituents is 1. The summed E-state index contributed by atoms with van der Waals surface area (Å²) in [6.45, 7) is 0. The van der Waals surface area contributed by atoms with Gasteiger partial charge >= 0.3 is 5.97 Å². The Hall–Kier alpha value is -2.84. The molecule has 9 heteroatoms. The zero-order valence-electron chi connectivity index (χ0n) is 12.3. The molecule has 1 aliphatic rings. The Morgan fingerprint density at radius 1 is 1.30 bits per heavy atom. The number of carbonyl (C=O) groups is 1. The van der Waals surface area contributed by atoms with Gasteiger partial charge in [-0.05, 0) is 37.0 Å². The lowest BCUT2D eigenvalue weighted by Crippen LogP contribution is -2.21. The number of nitro groups is 1. The molecule has 0 spiro atoms.